The number of halogens is 1. The smallest absolute Gasteiger partial charge is 0.311 e. The van der Waals surface area contributed by atoms with Crippen LogP contribution in [0.5, 0.6) is 0 Å². The first kappa shape index (κ1) is 19.9. The van der Waals surface area contributed by atoms with Gasteiger partial charge in [-0.25, -0.2) is 13.9 Å². The number of ether oxygens (including phenoxy) is 1. The summed E-state index contributed by atoms with van der Waals surface area (Å²) in [5.74, 6) is -0.916. The highest BCUT2D eigenvalue weighted by Crippen LogP contribution is 2.18. The molecular formula is C19H19FN4O3S. The predicted octanol–water partition coefficient (Wildman–Crippen LogP) is 2.96. The third-order valence-electron chi connectivity index (χ3n) is 4.34. The second-order valence-corrected chi connectivity index (χ2v) is 7.02. The molecule has 0 radical (unpaired) electrons. The zero-order valence-electron chi connectivity index (χ0n) is 15.9. The van der Waals surface area contributed by atoms with Crippen LogP contribution in [-0.2, 0) is 16.0 Å². The minimum atomic E-state index is -0.982. The number of thioether (sulfide) groups is 1. The van der Waals surface area contributed by atoms with Gasteiger partial charge < -0.3 is 4.74 Å². The Morgan fingerprint density at radius 1 is 1.21 bits per heavy atom. The number of carbonyl (C=O) groups is 2. The van der Waals surface area contributed by atoms with E-state index in [1.54, 1.807) is 11.4 Å². The van der Waals surface area contributed by atoms with Crippen LogP contribution < -0.4 is 0 Å². The molecule has 0 amide bonds. The number of hydrogen-bond acceptors (Lipinski definition) is 7. The Kier molecular flexibility index (Phi) is 5.73. The Morgan fingerprint density at radius 3 is 2.54 bits per heavy atom. The molecule has 146 valence electrons. The van der Waals surface area contributed by atoms with Crippen LogP contribution in [0.4, 0.5) is 4.39 Å². The quantitative estimate of drug-likeness (QED) is 0.356. The topological polar surface area (TPSA) is 86.5 Å². The van der Waals surface area contributed by atoms with Crippen molar-refractivity contribution in [3.05, 3.63) is 52.6 Å². The number of Topliss-reactive ketones (excluding diaryl/α,β-unsaturated/α-hetero) is 1. The SMILES string of the molecule is CSc1nc2nc(C)c(CC(=O)O[C@@H](C)C(=O)c3ccc(F)cc3)c(C)n2n1. The molecule has 0 N–H and O–H groups in total. The Bertz CT molecular complexity index is 1050. The van der Waals surface area contributed by atoms with E-state index in [9.17, 15) is 14.0 Å². The number of fused-ring (bicyclic) bond motifs is 1. The highest BCUT2D eigenvalue weighted by molar-refractivity contribution is 7.98. The molecule has 1 aromatic carbocycles. The fourth-order valence-corrected chi connectivity index (χ4v) is 3.15. The molecule has 3 rings (SSSR count). The number of aryl methyl sites for hydroxylation is 2. The lowest BCUT2D eigenvalue weighted by molar-refractivity contribution is -0.145. The number of benzene rings is 1. The maximum absolute atomic E-state index is 13.0. The van der Waals surface area contributed by atoms with Crippen LogP contribution in [0.3, 0.4) is 0 Å². The molecule has 0 aliphatic carbocycles. The first-order chi connectivity index (χ1) is 13.3. The summed E-state index contributed by atoms with van der Waals surface area (Å²) in [5, 5.41) is 4.94. The van der Waals surface area contributed by atoms with Crippen LogP contribution in [0.1, 0.15) is 34.2 Å². The van der Waals surface area contributed by atoms with Crippen LogP contribution in [-0.4, -0.2) is 43.7 Å². The van der Waals surface area contributed by atoms with Crippen LogP contribution in [0.25, 0.3) is 5.78 Å². The molecule has 0 bridgehead atoms. The van der Waals surface area contributed by atoms with E-state index >= 15 is 0 Å². The normalized spacial score (nSPS) is 12.2. The second kappa shape index (κ2) is 8.05. The van der Waals surface area contributed by atoms with Gasteiger partial charge in [0, 0.05) is 22.5 Å². The van der Waals surface area contributed by atoms with Gasteiger partial charge in [-0.3, -0.25) is 9.59 Å². The number of rotatable bonds is 6. The molecular weight excluding hydrogens is 383 g/mol. The number of ketones is 1. The second-order valence-electron chi connectivity index (χ2n) is 6.25. The van der Waals surface area contributed by atoms with E-state index in [2.05, 4.69) is 15.1 Å². The first-order valence-electron chi connectivity index (χ1n) is 8.56. The average Bonchev–Trinajstić information content (AvgIpc) is 3.08. The summed E-state index contributed by atoms with van der Waals surface area (Å²) in [6, 6.07) is 5.11. The lowest BCUT2D eigenvalue weighted by Gasteiger charge is -2.14. The third kappa shape index (κ3) is 4.04. The molecule has 9 heteroatoms. The lowest BCUT2D eigenvalue weighted by Crippen LogP contribution is -2.26. The summed E-state index contributed by atoms with van der Waals surface area (Å²) in [5.41, 5.74) is 2.35. The molecule has 0 saturated carbocycles. The average molecular weight is 402 g/mol. The summed E-state index contributed by atoms with van der Waals surface area (Å²) < 4.78 is 19.9. The van der Waals surface area contributed by atoms with Crippen molar-refractivity contribution in [2.24, 2.45) is 0 Å². The number of hydrogen-bond donors (Lipinski definition) is 0. The Labute approximate surface area is 165 Å². The molecule has 3 aromatic rings. The minimum absolute atomic E-state index is 0.0455. The fourth-order valence-electron chi connectivity index (χ4n) is 2.82. The van der Waals surface area contributed by atoms with Crippen LogP contribution in [0.15, 0.2) is 29.4 Å². The third-order valence-corrected chi connectivity index (χ3v) is 4.88. The molecule has 28 heavy (non-hydrogen) atoms. The highest BCUT2D eigenvalue weighted by Gasteiger charge is 2.22. The van der Waals surface area contributed by atoms with E-state index in [4.69, 9.17) is 4.74 Å². The van der Waals surface area contributed by atoms with Gasteiger partial charge in [0.1, 0.15) is 5.82 Å². The monoisotopic (exact) mass is 402 g/mol. The number of carbonyl (C=O) groups excluding carboxylic acids is 2. The summed E-state index contributed by atoms with van der Waals surface area (Å²) in [6.07, 6.45) is 0.843. The molecule has 1 atom stereocenters. The molecule has 0 aliphatic heterocycles. The molecule has 0 saturated heterocycles. The van der Waals surface area contributed by atoms with Gasteiger partial charge in [-0.2, -0.15) is 4.98 Å². The van der Waals surface area contributed by atoms with Crippen molar-refractivity contribution in [2.75, 3.05) is 6.26 Å². The van der Waals surface area contributed by atoms with E-state index in [1.165, 1.54) is 43.0 Å². The van der Waals surface area contributed by atoms with Crippen molar-refractivity contribution in [3.63, 3.8) is 0 Å². The summed E-state index contributed by atoms with van der Waals surface area (Å²) >= 11 is 1.40. The van der Waals surface area contributed by atoms with Crippen molar-refractivity contribution in [2.45, 2.75) is 38.5 Å². The predicted molar refractivity (Wildman–Crippen MR) is 102 cm³/mol. The molecule has 0 fully saturated rings. The molecule has 7 nitrogen and oxygen atoms in total. The highest BCUT2D eigenvalue weighted by atomic mass is 32.2. The van der Waals surface area contributed by atoms with Gasteiger partial charge >= 0.3 is 5.97 Å². The maximum Gasteiger partial charge on any atom is 0.311 e. The van der Waals surface area contributed by atoms with Gasteiger partial charge in [0.2, 0.25) is 10.9 Å². The van der Waals surface area contributed by atoms with Crippen LogP contribution >= 0.6 is 11.8 Å². The van der Waals surface area contributed by atoms with E-state index in [0.717, 1.165) is 5.69 Å². The van der Waals surface area contributed by atoms with Gasteiger partial charge in [0.25, 0.3) is 5.78 Å². The standard InChI is InChI=1S/C19H19FN4O3S/c1-10-15(11(2)24-18(21-10)22-19(23-24)28-4)9-16(25)27-12(3)17(26)13-5-7-14(20)8-6-13/h5-8,12H,9H2,1-4H3/t12-/m0/s1. The lowest BCUT2D eigenvalue weighted by atomic mass is 10.1. The Balaban J connectivity index is 1.75. The van der Waals surface area contributed by atoms with Crippen molar-refractivity contribution >= 4 is 29.3 Å². The number of esters is 1. The minimum Gasteiger partial charge on any atom is -0.454 e. The zero-order valence-corrected chi connectivity index (χ0v) is 16.7. The van der Waals surface area contributed by atoms with Gasteiger partial charge in [0.15, 0.2) is 6.10 Å². The molecule has 0 spiro atoms. The van der Waals surface area contributed by atoms with Gasteiger partial charge in [-0.15, -0.1) is 5.10 Å². The van der Waals surface area contributed by atoms with Crippen molar-refractivity contribution in [3.8, 4) is 0 Å². The van der Waals surface area contributed by atoms with Gasteiger partial charge in [-0.1, -0.05) is 11.8 Å². The summed E-state index contributed by atoms with van der Waals surface area (Å²) in [6.45, 7) is 5.11. The number of nitrogens with zero attached hydrogens (tertiary/aromatic N) is 4. The van der Waals surface area contributed by atoms with Crippen LogP contribution in [0.2, 0.25) is 0 Å². The van der Waals surface area contributed by atoms with Crippen LogP contribution in [0, 0.1) is 19.7 Å². The fraction of sp³-hybridized carbons (Fsp3) is 0.316. The Morgan fingerprint density at radius 2 is 1.89 bits per heavy atom. The van der Waals surface area contributed by atoms with E-state index < -0.39 is 23.7 Å². The largest absolute Gasteiger partial charge is 0.454 e. The van der Waals surface area contributed by atoms with E-state index in [-0.39, 0.29) is 12.0 Å². The zero-order chi connectivity index (χ0) is 20.4. The van der Waals surface area contributed by atoms with Gasteiger partial charge in [-0.05, 0) is 51.3 Å². The number of aromatic nitrogens is 4. The molecule has 0 unspecified atom stereocenters. The van der Waals surface area contributed by atoms with E-state index in [1.807, 2.05) is 13.2 Å². The Hall–Kier alpha value is -2.81. The van der Waals surface area contributed by atoms with Crippen molar-refractivity contribution in [1.29, 1.82) is 0 Å². The van der Waals surface area contributed by atoms with Crippen molar-refractivity contribution in [1.82, 2.24) is 19.6 Å². The maximum atomic E-state index is 13.0. The first-order valence-corrected chi connectivity index (χ1v) is 9.78. The summed E-state index contributed by atoms with van der Waals surface area (Å²) in [7, 11) is 0. The van der Waals surface area contributed by atoms with Crippen molar-refractivity contribution < 1.29 is 18.7 Å². The molecule has 0 aliphatic rings. The molecule has 2 heterocycles. The summed E-state index contributed by atoms with van der Waals surface area (Å²) in [4.78, 5) is 33.4. The van der Waals surface area contributed by atoms with Gasteiger partial charge in [0.05, 0.1) is 6.42 Å². The van der Waals surface area contributed by atoms with E-state index in [0.29, 0.717) is 22.2 Å². The molecule has 2 aromatic heterocycles.